The second-order valence-electron chi connectivity index (χ2n) is 2.11. The van der Waals surface area contributed by atoms with E-state index in [1.807, 2.05) is 0 Å². The van der Waals surface area contributed by atoms with Crippen molar-refractivity contribution < 1.29 is 4.84 Å². The van der Waals surface area contributed by atoms with Crippen molar-refractivity contribution in [2.24, 2.45) is 11.1 Å². The van der Waals surface area contributed by atoms with Gasteiger partial charge in [-0.1, -0.05) is 6.42 Å². The largest absolute Gasteiger partial charge is 0.364 e. The van der Waals surface area contributed by atoms with Gasteiger partial charge in [0, 0.05) is 0 Å². The molecule has 4 nitrogen and oxygen atoms in total. The van der Waals surface area contributed by atoms with Crippen molar-refractivity contribution in [1.29, 1.82) is 0 Å². The number of hydrogen-bond donors (Lipinski definition) is 1. The average Bonchev–Trinajstić information content (AvgIpc) is 1.97. The zero-order valence-electron chi connectivity index (χ0n) is 6.08. The zero-order chi connectivity index (χ0) is 7.66. The van der Waals surface area contributed by atoms with Gasteiger partial charge in [-0.15, -0.1) is 4.91 Å². The number of nitrogens with two attached hydrogens (primary N) is 1. The van der Waals surface area contributed by atoms with Crippen LogP contribution in [0.15, 0.2) is 5.34 Å². The zero-order valence-corrected chi connectivity index (χ0v) is 6.08. The molecule has 0 aliphatic carbocycles. The molecular weight excluding hydrogens is 132 g/mol. The van der Waals surface area contributed by atoms with E-state index < -0.39 is 0 Å². The molecule has 0 amide bonds. The standard InChI is InChI=1S/C6H14N2O2/c7-5-3-1-2-4-6-10-8-9/h1-7H2. The highest BCUT2D eigenvalue weighted by Crippen LogP contribution is 1.98. The van der Waals surface area contributed by atoms with Crippen LogP contribution in [0.5, 0.6) is 0 Å². The predicted octanol–water partition coefficient (Wildman–Crippen LogP) is 1.20. The van der Waals surface area contributed by atoms with Crippen LogP contribution in [0, 0.1) is 4.91 Å². The third-order valence-electron chi connectivity index (χ3n) is 1.24. The van der Waals surface area contributed by atoms with E-state index in [1.165, 1.54) is 0 Å². The minimum atomic E-state index is 0.439. The van der Waals surface area contributed by atoms with Crippen molar-refractivity contribution in [3.63, 3.8) is 0 Å². The Labute approximate surface area is 60.7 Å². The van der Waals surface area contributed by atoms with Crippen molar-refractivity contribution in [2.75, 3.05) is 13.2 Å². The number of unbranched alkanes of at least 4 members (excludes halogenated alkanes) is 3. The van der Waals surface area contributed by atoms with Crippen LogP contribution in [0.4, 0.5) is 0 Å². The molecule has 0 rings (SSSR count). The fourth-order valence-electron chi connectivity index (χ4n) is 0.702. The third-order valence-corrected chi connectivity index (χ3v) is 1.24. The normalized spacial score (nSPS) is 9.30. The smallest absolute Gasteiger partial charge is 0.155 e. The monoisotopic (exact) mass is 146 g/mol. The highest BCUT2D eigenvalue weighted by atomic mass is 16.7. The molecule has 0 aliphatic heterocycles. The highest BCUT2D eigenvalue weighted by molar-refractivity contribution is 4.42. The van der Waals surface area contributed by atoms with E-state index in [0.29, 0.717) is 6.61 Å². The minimum absolute atomic E-state index is 0.439. The first-order valence-corrected chi connectivity index (χ1v) is 3.56. The Kier molecular flexibility index (Phi) is 7.82. The molecule has 0 bridgehead atoms. The lowest BCUT2D eigenvalue weighted by Gasteiger charge is -1.96. The minimum Gasteiger partial charge on any atom is -0.364 e. The molecule has 0 aromatic carbocycles. The summed E-state index contributed by atoms with van der Waals surface area (Å²) in [5.74, 6) is 0. The van der Waals surface area contributed by atoms with E-state index in [4.69, 9.17) is 5.73 Å². The summed E-state index contributed by atoms with van der Waals surface area (Å²) < 4.78 is 0. The lowest BCUT2D eigenvalue weighted by atomic mass is 10.2. The molecule has 10 heavy (non-hydrogen) atoms. The van der Waals surface area contributed by atoms with E-state index in [-0.39, 0.29) is 0 Å². The van der Waals surface area contributed by atoms with Crippen LogP contribution in [0.25, 0.3) is 0 Å². The van der Waals surface area contributed by atoms with Gasteiger partial charge in [0.1, 0.15) is 6.61 Å². The SMILES string of the molecule is NCCCCCCON=O. The molecule has 0 radical (unpaired) electrons. The summed E-state index contributed by atoms with van der Waals surface area (Å²) in [5, 5.41) is 2.28. The molecule has 4 heteroatoms. The average molecular weight is 146 g/mol. The van der Waals surface area contributed by atoms with E-state index >= 15 is 0 Å². The summed E-state index contributed by atoms with van der Waals surface area (Å²) >= 11 is 0. The number of nitrogens with zero attached hydrogens (tertiary/aromatic N) is 1. The molecule has 0 spiro atoms. The summed E-state index contributed by atoms with van der Waals surface area (Å²) in [6.45, 7) is 1.18. The van der Waals surface area contributed by atoms with Crippen LogP contribution < -0.4 is 5.73 Å². The molecule has 0 atom stereocenters. The Bertz CT molecular complexity index is 78.1. The fourth-order valence-corrected chi connectivity index (χ4v) is 0.702. The molecule has 0 aliphatic rings. The Hall–Kier alpha value is -0.640. The topological polar surface area (TPSA) is 64.7 Å². The maximum atomic E-state index is 9.40. The molecule has 0 unspecified atom stereocenters. The summed E-state index contributed by atoms with van der Waals surface area (Å²) in [6, 6.07) is 0. The molecule has 0 aromatic heterocycles. The maximum absolute atomic E-state index is 9.40. The van der Waals surface area contributed by atoms with Gasteiger partial charge >= 0.3 is 0 Å². The van der Waals surface area contributed by atoms with Gasteiger partial charge in [0.15, 0.2) is 5.34 Å². The third kappa shape index (κ3) is 7.36. The molecule has 0 aromatic rings. The summed E-state index contributed by atoms with van der Waals surface area (Å²) in [6.07, 6.45) is 4.12. The van der Waals surface area contributed by atoms with Gasteiger partial charge in [-0.05, 0) is 25.8 Å². The van der Waals surface area contributed by atoms with Crippen LogP contribution in [-0.2, 0) is 4.84 Å². The first-order chi connectivity index (χ1) is 4.91. The van der Waals surface area contributed by atoms with Crippen molar-refractivity contribution in [2.45, 2.75) is 25.7 Å². The van der Waals surface area contributed by atoms with Crippen LogP contribution in [-0.4, -0.2) is 13.2 Å². The Morgan fingerprint density at radius 2 is 1.90 bits per heavy atom. The predicted molar refractivity (Wildman–Crippen MR) is 39.3 cm³/mol. The van der Waals surface area contributed by atoms with Crippen LogP contribution in [0.2, 0.25) is 0 Å². The van der Waals surface area contributed by atoms with E-state index in [2.05, 4.69) is 10.2 Å². The number of hydrogen-bond acceptors (Lipinski definition) is 4. The van der Waals surface area contributed by atoms with Crippen molar-refractivity contribution in [3.8, 4) is 0 Å². The molecule has 0 heterocycles. The van der Waals surface area contributed by atoms with Gasteiger partial charge in [-0.2, -0.15) is 0 Å². The van der Waals surface area contributed by atoms with Crippen LogP contribution in [0.1, 0.15) is 25.7 Å². The van der Waals surface area contributed by atoms with E-state index in [9.17, 15) is 4.91 Å². The summed E-state index contributed by atoms with van der Waals surface area (Å²) in [7, 11) is 0. The molecule has 0 saturated heterocycles. The molecule has 2 N–H and O–H groups in total. The van der Waals surface area contributed by atoms with Gasteiger partial charge in [0.25, 0.3) is 0 Å². The van der Waals surface area contributed by atoms with Crippen LogP contribution >= 0.6 is 0 Å². The van der Waals surface area contributed by atoms with Gasteiger partial charge in [0.05, 0.1) is 0 Å². The quantitative estimate of drug-likeness (QED) is 0.333. The van der Waals surface area contributed by atoms with Gasteiger partial charge in [-0.25, -0.2) is 0 Å². The first-order valence-electron chi connectivity index (χ1n) is 3.56. The Balaban J connectivity index is 2.70. The first kappa shape index (κ1) is 9.36. The molecule has 60 valence electrons. The highest BCUT2D eigenvalue weighted by Gasteiger charge is 1.88. The van der Waals surface area contributed by atoms with Gasteiger partial charge < -0.3 is 10.6 Å². The van der Waals surface area contributed by atoms with Gasteiger partial charge in [-0.3, -0.25) is 0 Å². The maximum Gasteiger partial charge on any atom is 0.155 e. The van der Waals surface area contributed by atoms with Gasteiger partial charge in [0.2, 0.25) is 0 Å². The summed E-state index contributed by atoms with van der Waals surface area (Å²) in [4.78, 5) is 13.7. The number of rotatable bonds is 7. The summed E-state index contributed by atoms with van der Waals surface area (Å²) in [5.41, 5.74) is 5.27. The fraction of sp³-hybridized carbons (Fsp3) is 1.00. The second-order valence-corrected chi connectivity index (χ2v) is 2.11. The second kappa shape index (κ2) is 8.36. The van der Waals surface area contributed by atoms with E-state index in [0.717, 1.165) is 32.2 Å². The lowest BCUT2D eigenvalue weighted by molar-refractivity contribution is 0.135. The Morgan fingerprint density at radius 1 is 1.20 bits per heavy atom. The van der Waals surface area contributed by atoms with Crippen molar-refractivity contribution in [3.05, 3.63) is 4.91 Å². The lowest BCUT2D eigenvalue weighted by Crippen LogP contribution is -1.98. The molecule has 0 saturated carbocycles. The molecule has 0 fully saturated rings. The van der Waals surface area contributed by atoms with Crippen molar-refractivity contribution >= 4 is 0 Å². The van der Waals surface area contributed by atoms with E-state index in [1.54, 1.807) is 0 Å². The Morgan fingerprint density at radius 3 is 2.50 bits per heavy atom. The van der Waals surface area contributed by atoms with Crippen molar-refractivity contribution in [1.82, 2.24) is 0 Å². The molecular formula is C6H14N2O2. The van der Waals surface area contributed by atoms with Crippen LogP contribution in [0.3, 0.4) is 0 Å².